The van der Waals surface area contributed by atoms with Crippen molar-refractivity contribution in [1.82, 2.24) is 19.2 Å². The van der Waals surface area contributed by atoms with Crippen LogP contribution < -0.4 is 14.8 Å². The quantitative estimate of drug-likeness (QED) is 0.156. The number of amides is 5. The molecule has 0 radical (unpaired) electrons. The molecule has 0 bridgehead atoms. The summed E-state index contributed by atoms with van der Waals surface area (Å²) in [4.78, 5) is 109. The maximum atomic E-state index is 14.0. The van der Waals surface area contributed by atoms with Gasteiger partial charge in [0.2, 0.25) is 43.7 Å². The largest absolute Gasteiger partial charge is 0.446 e. The van der Waals surface area contributed by atoms with Crippen molar-refractivity contribution in [3.63, 3.8) is 0 Å². The normalized spacial score (nSPS) is 33.6. The number of aliphatic hydroxyl groups is 1. The number of ether oxygens (including phenoxy) is 1. The van der Waals surface area contributed by atoms with Crippen molar-refractivity contribution in [2.45, 2.75) is 164 Å². The molecule has 8 aliphatic rings. The smallest absolute Gasteiger partial charge is 0.411 e. The minimum atomic E-state index is -3.89. The summed E-state index contributed by atoms with van der Waals surface area (Å²) >= 11 is 0. The van der Waals surface area contributed by atoms with E-state index in [1.54, 1.807) is 68.9 Å². The Morgan fingerprint density at radius 3 is 1.61 bits per heavy atom. The fourth-order valence-electron chi connectivity index (χ4n) is 11.9. The Hall–Kier alpha value is -5.28. The number of Topliss-reactive ketones (excluding diaryl/α,β-unsaturated/α-hetero) is 3. The molecule has 0 unspecified atom stereocenters. The third-order valence-electron chi connectivity index (χ3n) is 18.1. The first-order valence-corrected chi connectivity index (χ1v) is 30.6. The number of carbonyl (C=O) groups is 8. The number of benzene rings is 1. The van der Waals surface area contributed by atoms with Crippen molar-refractivity contribution < 1.29 is 65.0 Å². The number of allylic oxidation sites excluding steroid dienone is 4. The van der Waals surface area contributed by atoms with Crippen molar-refractivity contribution in [2.75, 3.05) is 32.5 Å². The molecule has 4 N–H and O–H groups in total. The molecule has 77 heavy (non-hydrogen) atoms. The van der Waals surface area contributed by atoms with Gasteiger partial charge in [0, 0.05) is 69.5 Å². The number of anilines is 1. The summed E-state index contributed by atoms with van der Waals surface area (Å²) in [5.41, 5.74) is -1.45. The number of nitrogens with zero attached hydrogens (tertiary/aromatic N) is 2. The van der Waals surface area contributed by atoms with Gasteiger partial charge in [0.05, 0.1) is 38.3 Å². The Labute approximate surface area is 452 Å². The highest BCUT2D eigenvalue weighted by Crippen LogP contribution is 2.59. The summed E-state index contributed by atoms with van der Waals surface area (Å²) in [6.07, 6.45) is 13.9. The lowest BCUT2D eigenvalue weighted by Gasteiger charge is -2.26. The van der Waals surface area contributed by atoms with E-state index >= 15 is 0 Å². The van der Waals surface area contributed by atoms with E-state index in [1.807, 2.05) is 24.3 Å². The molecule has 5 amide bonds. The molecule has 9 rings (SSSR count). The highest BCUT2D eigenvalue weighted by Gasteiger charge is 2.64. The first-order chi connectivity index (χ1) is 36.3. The van der Waals surface area contributed by atoms with Gasteiger partial charge in [-0.2, -0.15) is 0 Å². The predicted molar refractivity (Wildman–Crippen MR) is 284 cm³/mol. The second kappa shape index (κ2) is 22.5. The van der Waals surface area contributed by atoms with Crippen LogP contribution in [0.4, 0.5) is 10.5 Å². The van der Waals surface area contributed by atoms with Gasteiger partial charge in [-0.25, -0.2) is 21.6 Å². The molecule has 2 aliphatic heterocycles. The zero-order valence-electron chi connectivity index (χ0n) is 45.1. The summed E-state index contributed by atoms with van der Waals surface area (Å²) in [6.45, 7) is 6.10. The SMILES string of the molecule is CCC(=O)c1cccc(NC(=O)O[C@@H]2C[C@H]3C(=O)C[C@]4(C(=O)NS(=O)(=O)C5(C)CC5)C[C@H]4/C=C\CCCCN(C)C(=O)[C@@H]3C2)c1.CN1CCCC/C=C\[C@@H]2C[C@@]2(C(=O)NS(=O)(=O)C2(C)CC2)CC(=O)[C@@H]2C[C@@H](O)C[C@H]2C1=O. The van der Waals surface area contributed by atoms with Crippen LogP contribution in [0.2, 0.25) is 0 Å². The Bertz CT molecular complexity index is 2820. The molecule has 0 aromatic heterocycles. The van der Waals surface area contributed by atoms with Crippen LogP contribution in [0.3, 0.4) is 0 Å². The predicted octanol–water partition coefficient (Wildman–Crippen LogP) is 5.92. The van der Waals surface area contributed by atoms with Gasteiger partial charge in [-0.15, -0.1) is 0 Å². The average molecular weight is 1110 g/mol. The van der Waals surface area contributed by atoms with Gasteiger partial charge >= 0.3 is 6.09 Å². The molecular formula is C56H77N5O14S2. The second-order valence-corrected chi connectivity index (χ2v) is 28.3. The van der Waals surface area contributed by atoms with Crippen molar-refractivity contribution in [3.8, 4) is 0 Å². The van der Waals surface area contributed by atoms with Crippen LogP contribution in [0.25, 0.3) is 0 Å². The van der Waals surface area contributed by atoms with Gasteiger partial charge in [0.15, 0.2) is 5.78 Å². The summed E-state index contributed by atoms with van der Waals surface area (Å²) in [5.74, 6) is -5.47. The standard InChI is InChI=1S/C33H43N3O8S.C23H34N2O6S/c1-4-27(37)21-10-9-12-23(16-21)34-31(41)44-24-17-25-26(18-24)29(39)36(3)15-8-6-5-7-11-22-19-33(22,20-28(25)38)30(40)35-45(42,43)32(2)13-14-32;1-22(8-9-22)32(30,31)24-21(29)23-13-15(23)7-5-3-4-6-10-25(2)20(28)18-12-16(26)11-17(18)19(27)14-23/h7,9-12,16,22,24-26H,4-6,8,13-15,17-20H2,1-3H3,(H,34,41)(H,35,40);5,7,15-18,26H,3-4,6,8-14H2,1-2H3,(H,24,29)/b11-7-;7-5-/t22-,24-,25-,26-,33-;15-,16-,17-,18-,23-/m11/s1. The maximum Gasteiger partial charge on any atom is 0.411 e. The molecule has 1 aromatic rings. The highest BCUT2D eigenvalue weighted by molar-refractivity contribution is 7.92. The van der Waals surface area contributed by atoms with Crippen LogP contribution in [-0.2, 0) is 53.6 Å². The summed E-state index contributed by atoms with van der Waals surface area (Å²) < 4.78 is 59.5. The fraction of sp³-hybridized carbons (Fsp3) is 0.679. The van der Waals surface area contributed by atoms with Crippen LogP contribution in [0, 0.1) is 46.3 Å². The Morgan fingerprint density at radius 2 is 1.13 bits per heavy atom. The number of nitrogens with one attached hydrogen (secondary N) is 3. The van der Waals surface area contributed by atoms with Crippen LogP contribution in [0.15, 0.2) is 48.6 Å². The van der Waals surface area contributed by atoms with E-state index in [0.29, 0.717) is 69.3 Å². The molecule has 21 heteroatoms. The molecular weight excluding hydrogens is 1030 g/mol. The topological polar surface area (TPSA) is 277 Å². The maximum absolute atomic E-state index is 14.0. The lowest BCUT2D eigenvalue weighted by molar-refractivity contribution is -0.140. The van der Waals surface area contributed by atoms with E-state index < -0.39 is 94.2 Å². The van der Waals surface area contributed by atoms with Gasteiger partial charge in [-0.05, 0) is 141 Å². The van der Waals surface area contributed by atoms with Crippen LogP contribution in [0.5, 0.6) is 0 Å². The van der Waals surface area contributed by atoms with Crippen molar-refractivity contribution in [3.05, 3.63) is 54.1 Å². The lowest BCUT2D eigenvalue weighted by atomic mass is 9.84. The lowest BCUT2D eigenvalue weighted by Crippen LogP contribution is -2.44. The molecule has 6 saturated carbocycles. The van der Waals surface area contributed by atoms with Crippen LogP contribution >= 0.6 is 0 Å². The third-order valence-corrected chi connectivity index (χ3v) is 22.4. The van der Waals surface area contributed by atoms with Gasteiger partial charge in [-0.3, -0.25) is 48.3 Å². The van der Waals surface area contributed by atoms with Crippen LogP contribution in [0.1, 0.15) is 153 Å². The number of sulfonamides is 2. The molecule has 6 fully saturated rings. The van der Waals surface area contributed by atoms with Crippen molar-refractivity contribution in [1.29, 1.82) is 0 Å². The molecule has 422 valence electrons. The number of hydrogen-bond donors (Lipinski definition) is 4. The second-order valence-electron chi connectivity index (χ2n) is 23.9. The minimum Gasteiger partial charge on any atom is -0.446 e. The Morgan fingerprint density at radius 1 is 0.675 bits per heavy atom. The van der Waals surface area contributed by atoms with Crippen molar-refractivity contribution >= 4 is 72.8 Å². The molecule has 0 saturated heterocycles. The van der Waals surface area contributed by atoms with Crippen molar-refractivity contribution in [2.24, 2.45) is 46.3 Å². The number of rotatable bonds is 10. The van der Waals surface area contributed by atoms with E-state index in [1.165, 1.54) is 0 Å². The molecule has 6 aliphatic carbocycles. The Balaban J connectivity index is 0.000000216. The average Bonchev–Trinajstić information content (AvgIpc) is 4.39. The Kier molecular flexibility index (Phi) is 16.9. The number of ketones is 3. The van der Waals surface area contributed by atoms with Gasteiger partial charge in [-0.1, -0.05) is 43.4 Å². The fourth-order valence-corrected chi connectivity index (χ4v) is 14.6. The van der Waals surface area contributed by atoms with Gasteiger partial charge in [0.25, 0.3) is 0 Å². The molecule has 19 nitrogen and oxygen atoms in total. The van der Waals surface area contributed by atoms with Gasteiger partial charge < -0.3 is 19.6 Å². The molecule has 10 atom stereocenters. The number of fused-ring (bicyclic) bond motifs is 4. The summed E-state index contributed by atoms with van der Waals surface area (Å²) in [6, 6.07) is 6.53. The summed E-state index contributed by atoms with van der Waals surface area (Å²) in [5, 5.41) is 12.9. The number of hydrogen-bond acceptors (Lipinski definition) is 14. The van der Waals surface area contributed by atoms with E-state index in [4.69, 9.17) is 4.74 Å². The first kappa shape index (κ1) is 57.9. The van der Waals surface area contributed by atoms with E-state index in [0.717, 1.165) is 38.5 Å². The molecule has 0 spiro atoms. The minimum absolute atomic E-state index is 0.0656. The monoisotopic (exact) mass is 1110 g/mol. The summed E-state index contributed by atoms with van der Waals surface area (Å²) in [7, 11) is -4.27. The third kappa shape index (κ3) is 12.6. The molecule has 1 aromatic carbocycles. The zero-order valence-corrected chi connectivity index (χ0v) is 46.7. The first-order valence-electron chi connectivity index (χ1n) is 27.6. The van der Waals surface area contributed by atoms with Crippen LogP contribution in [-0.4, -0.2) is 128 Å². The number of carbonyl (C=O) groups excluding carboxylic acids is 8. The van der Waals surface area contributed by atoms with E-state index in [9.17, 15) is 60.3 Å². The zero-order chi connectivity index (χ0) is 55.9. The molecule has 2 heterocycles. The van der Waals surface area contributed by atoms with Gasteiger partial charge in [0.1, 0.15) is 17.7 Å². The van der Waals surface area contributed by atoms with E-state index in [-0.39, 0.29) is 79.5 Å². The van der Waals surface area contributed by atoms with E-state index in [2.05, 4.69) is 14.8 Å². The highest BCUT2D eigenvalue weighted by atomic mass is 32.2. The number of aliphatic hydroxyl groups excluding tert-OH is 1.